The maximum absolute atomic E-state index is 11.7. The number of rotatable bonds is 7. The van der Waals surface area contributed by atoms with E-state index in [4.69, 9.17) is 4.42 Å². The SMILES string of the molecule is CCCC(=O)Nc1cccc(NCc2cn[nH]c2-c2ccc(C)o2)c1. The van der Waals surface area contributed by atoms with Gasteiger partial charge in [0.05, 0.1) is 6.20 Å². The first kappa shape index (κ1) is 16.8. The molecule has 3 rings (SSSR count). The van der Waals surface area contributed by atoms with Gasteiger partial charge in [-0.1, -0.05) is 13.0 Å². The van der Waals surface area contributed by atoms with E-state index >= 15 is 0 Å². The molecule has 1 amide bonds. The summed E-state index contributed by atoms with van der Waals surface area (Å²) in [6.07, 6.45) is 3.14. The van der Waals surface area contributed by atoms with E-state index in [1.165, 1.54) is 0 Å². The molecular formula is C19H22N4O2. The maximum Gasteiger partial charge on any atom is 0.224 e. The van der Waals surface area contributed by atoms with E-state index < -0.39 is 0 Å². The number of benzene rings is 1. The van der Waals surface area contributed by atoms with E-state index in [2.05, 4.69) is 20.8 Å². The quantitative estimate of drug-likeness (QED) is 0.599. The lowest BCUT2D eigenvalue weighted by atomic mass is 10.2. The first-order valence-corrected chi connectivity index (χ1v) is 8.38. The smallest absolute Gasteiger partial charge is 0.224 e. The van der Waals surface area contributed by atoms with E-state index in [0.29, 0.717) is 13.0 Å². The summed E-state index contributed by atoms with van der Waals surface area (Å²) in [7, 11) is 0. The second kappa shape index (κ2) is 7.70. The second-order valence-corrected chi connectivity index (χ2v) is 5.91. The predicted octanol–water partition coefficient (Wildman–Crippen LogP) is 4.33. The van der Waals surface area contributed by atoms with Crippen molar-refractivity contribution in [3.05, 3.63) is 53.9 Å². The fourth-order valence-corrected chi connectivity index (χ4v) is 2.58. The van der Waals surface area contributed by atoms with Gasteiger partial charge in [-0.25, -0.2) is 0 Å². The van der Waals surface area contributed by atoms with E-state index in [9.17, 15) is 4.79 Å². The van der Waals surface area contributed by atoms with Gasteiger partial charge < -0.3 is 15.1 Å². The van der Waals surface area contributed by atoms with Crippen molar-refractivity contribution in [2.24, 2.45) is 0 Å². The molecule has 0 atom stereocenters. The topological polar surface area (TPSA) is 83.0 Å². The lowest BCUT2D eigenvalue weighted by molar-refractivity contribution is -0.116. The van der Waals surface area contributed by atoms with Gasteiger partial charge in [-0.3, -0.25) is 9.89 Å². The Balaban J connectivity index is 1.66. The van der Waals surface area contributed by atoms with Crippen LogP contribution in [-0.4, -0.2) is 16.1 Å². The maximum atomic E-state index is 11.7. The Morgan fingerprint density at radius 2 is 2.08 bits per heavy atom. The molecule has 130 valence electrons. The highest BCUT2D eigenvalue weighted by molar-refractivity contribution is 5.91. The van der Waals surface area contributed by atoms with Gasteiger partial charge >= 0.3 is 0 Å². The van der Waals surface area contributed by atoms with Crippen LogP contribution >= 0.6 is 0 Å². The van der Waals surface area contributed by atoms with E-state index in [1.807, 2.05) is 50.2 Å². The largest absolute Gasteiger partial charge is 0.460 e. The number of carbonyl (C=O) groups is 1. The molecular weight excluding hydrogens is 316 g/mol. The molecule has 2 heterocycles. The van der Waals surface area contributed by atoms with Crippen LogP contribution in [0, 0.1) is 6.92 Å². The lowest BCUT2D eigenvalue weighted by Crippen LogP contribution is -2.10. The van der Waals surface area contributed by atoms with Crippen LogP contribution in [0.5, 0.6) is 0 Å². The second-order valence-electron chi connectivity index (χ2n) is 5.91. The van der Waals surface area contributed by atoms with Crippen molar-refractivity contribution in [1.82, 2.24) is 10.2 Å². The van der Waals surface area contributed by atoms with Gasteiger partial charge in [-0.15, -0.1) is 0 Å². The summed E-state index contributed by atoms with van der Waals surface area (Å²) in [4.78, 5) is 11.7. The van der Waals surface area contributed by atoms with Gasteiger partial charge in [0.1, 0.15) is 11.5 Å². The Hall–Kier alpha value is -3.02. The van der Waals surface area contributed by atoms with E-state index in [1.54, 1.807) is 6.20 Å². The van der Waals surface area contributed by atoms with Crippen molar-refractivity contribution in [3.63, 3.8) is 0 Å². The number of aryl methyl sites for hydroxylation is 1. The summed E-state index contributed by atoms with van der Waals surface area (Å²) in [5.74, 6) is 1.66. The van der Waals surface area contributed by atoms with Crippen molar-refractivity contribution in [3.8, 4) is 11.5 Å². The van der Waals surface area contributed by atoms with Crippen LogP contribution < -0.4 is 10.6 Å². The van der Waals surface area contributed by atoms with Gasteiger partial charge in [0, 0.05) is 29.9 Å². The molecule has 6 nitrogen and oxygen atoms in total. The average molecular weight is 338 g/mol. The van der Waals surface area contributed by atoms with E-state index in [-0.39, 0.29) is 5.91 Å². The summed E-state index contributed by atoms with van der Waals surface area (Å²) >= 11 is 0. The molecule has 1 aromatic carbocycles. The number of nitrogens with one attached hydrogen (secondary N) is 3. The molecule has 3 N–H and O–H groups in total. The Bertz CT molecular complexity index is 850. The molecule has 0 radical (unpaired) electrons. The third kappa shape index (κ3) is 4.29. The molecule has 0 aliphatic heterocycles. The Labute approximate surface area is 146 Å². The van der Waals surface area contributed by atoms with Gasteiger partial charge in [-0.05, 0) is 43.7 Å². The van der Waals surface area contributed by atoms with Crippen LogP contribution in [0.3, 0.4) is 0 Å². The Morgan fingerprint density at radius 3 is 2.84 bits per heavy atom. The van der Waals surface area contributed by atoms with Crippen molar-refractivity contribution in [1.29, 1.82) is 0 Å². The summed E-state index contributed by atoms with van der Waals surface area (Å²) in [5.41, 5.74) is 3.59. The Kier molecular flexibility index (Phi) is 5.18. The van der Waals surface area contributed by atoms with Gasteiger partial charge in [0.15, 0.2) is 5.76 Å². The third-order valence-electron chi connectivity index (χ3n) is 3.81. The first-order chi connectivity index (χ1) is 12.2. The number of aromatic nitrogens is 2. The average Bonchev–Trinajstić information content (AvgIpc) is 3.22. The molecule has 0 aliphatic rings. The van der Waals surface area contributed by atoms with Gasteiger partial charge in [0.2, 0.25) is 5.91 Å². The minimum Gasteiger partial charge on any atom is -0.460 e. The van der Waals surface area contributed by atoms with Crippen molar-refractivity contribution >= 4 is 17.3 Å². The van der Waals surface area contributed by atoms with Gasteiger partial charge in [-0.2, -0.15) is 5.10 Å². The fourth-order valence-electron chi connectivity index (χ4n) is 2.58. The summed E-state index contributed by atoms with van der Waals surface area (Å²) < 4.78 is 5.66. The highest BCUT2D eigenvalue weighted by atomic mass is 16.3. The van der Waals surface area contributed by atoms with Crippen LogP contribution in [0.2, 0.25) is 0 Å². The molecule has 0 saturated carbocycles. The standard InChI is InChI=1S/C19H22N4O2/c1-3-5-18(24)22-16-7-4-6-15(10-16)20-11-14-12-21-23-19(14)17-9-8-13(2)25-17/h4,6-10,12,20H,3,5,11H2,1-2H3,(H,21,23)(H,22,24). The molecule has 6 heteroatoms. The normalized spacial score (nSPS) is 10.6. The van der Waals surface area contributed by atoms with Gasteiger partial charge in [0.25, 0.3) is 0 Å². The number of hydrogen-bond donors (Lipinski definition) is 3. The minimum atomic E-state index is 0.0324. The molecule has 0 fully saturated rings. The molecule has 0 unspecified atom stereocenters. The van der Waals surface area contributed by atoms with Crippen molar-refractivity contribution < 1.29 is 9.21 Å². The Morgan fingerprint density at radius 1 is 1.24 bits per heavy atom. The summed E-state index contributed by atoms with van der Waals surface area (Å²) in [5, 5.41) is 13.4. The number of carbonyl (C=O) groups excluding carboxylic acids is 1. The number of nitrogens with zero attached hydrogens (tertiary/aromatic N) is 1. The van der Waals surface area contributed by atoms with Crippen LogP contribution in [0.25, 0.3) is 11.5 Å². The van der Waals surface area contributed by atoms with Crippen molar-refractivity contribution in [2.75, 3.05) is 10.6 Å². The zero-order chi connectivity index (χ0) is 17.6. The van der Waals surface area contributed by atoms with E-state index in [0.717, 1.165) is 40.6 Å². The monoisotopic (exact) mass is 338 g/mol. The highest BCUT2D eigenvalue weighted by Crippen LogP contribution is 2.24. The number of anilines is 2. The highest BCUT2D eigenvalue weighted by Gasteiger charge is 2.11. The number of hydrogen-bond acceptors (Lipinski definition) is 4. The van der Waals surface area contributed by atoms with Crippen LogP contribution in [0.1, 0.15) is 31.1 Å². The predicted molar refractivity (Wildman–Crippen MR) is 98.3 cm³/mol. The molecule has 25 heavy (non-hydrogen) atoms. The number of H-pyrrole nitrogens is 1. The molecule has 0 aliphatic carbocycles. The molecule has 2 aromatic heterocycles. The van der Waals surface area contributed by atoms with Crippen LogP contribution in [-0.2, 0) is 11.3 Å². The zero-order valence-electron chi connectivity index (χ0n) is 14.4. The minimum absolute atomic E-state index is 0.0324. The van der Waals surface area contributed by atoms with Crippen molar-refractivity contribution in [2.45, 2.75) is 33.2 Å². The fraction of sp³-hybridized carbons (Fsp3) is 0.263. The third-order valence-corrected chi connectivity index (χ3v) is 3.81. The first-order valence-electron chi connectivity index (χ1n) is 8.38. The molecule has 0 spiro atoms. The molecule has 3 aromatic rings. The number of furan rings is 1. The van der Waals surface area contributed by atoms with Crippen LogP contribution in [0.4, 0.5) is 11.4 Å². The zero-order valence-corrected chi connectivity index (χ0v) is 14.4. The molecule has 0 bridgehead atoms. The number of amides is 1. The number of aromatic amines is 1. The lowest BCUT2D eigenvalue weighted by Gasteiger charge is -2.09. The molecule has 0 saturated heterocycles. The summed E-state index contributed by atoms with van der Waals surface area (Å²) in [6.45, 7) is 4.49. The summed E-state index contributed by atoms with van der Waals surface area (Å²) in [6, 6.07) is 11.5. The van der Waals surface area contributed by atoms with Crippen LogP contribution in [0.15, 0.2) is 47.0 Å².